The maximum atomic E-state index is 6.17. The van der Waals surface area contributed by atoms with E-state index >= 15 is 0 Å². The van der Waals surface area contributed by atoms with E-state index in [2.05, 4.69) is 39.0 Å². The van der Waals surface area contributed by atoms with Crippen LogP contribution in [0.1, 0.15) is 47.8 Å². The Labute approximate surface area is 177 Å². The number of benzene rings is 2. The Morgan fingerprint density at radius 2 is 1.62 bits per heavy atom. The first-order chi connectivity index (χ1) is 13.8. The van der Waals surface area contributed by atoms with Gasteiger partial charge in [-0.1, -0.05) is 37.6 Å². The van der Waals surface area contributed by atoms with Gasteiger partial charge in [-0.3, -0.25) is 0 Å². The summed E-state index contributed by atoms with van der Waals surface area (Å²) < 4.78 is 11.6. The monoisotopic (exact) mass is 410 g/mol. The van der Waals surface area contributed by atoms with Crippen LogP contribution in [0.5, 0.6) is 11.5 Å². The van der Waals surface area contributed by atoms with Gasteiger partial charge in [0.15, 0.2) is 5.82 Å². The number of rotatable bonds is 6. The summed E-state index contributed by atoms with van der Waals surface area (Å²) in [5.41, 5.74) is 5.91. The molecule has 5 heteroatoms. The number of aromatic nitrogens is 2. The summed E-state index contributed by atoms with van der Waals surface area (Å²) in [7, 11) is 1.63. The molecule has 0 spiro atoms. The van der Waals surface area contributed by atoms with E-state index in [-0.39, 0.29) is 0 Å². The van der Waals surface area contributed by atoms with E-state index in [0.717, 1.165) is 33.8 Å². The number of hydrogen-bond acceptors (Lipinski definition) is 4. The highest BCUT2D eigenvalue weighted by molar-refractivity contribution is 6.30. The number of aryl methyl sites for hydroxylation is 3. The molecule has 0 saturated heterocycles. The quantitative estimate of drug-likeness (QED) is 0.469. The molecular formula is C24H27ClN2O2. The van der Waals surface area contributed by atoms with Crippen LogP contribution in [0, 0.1) is 20.8 Å². The minimum Gasteiger partial charge on any atom is -0.496 e. The van der Waals surface area contributed by atoms with Crippen molar-refractivity contribution in [3.63, 3.8) is 0 Å². The fourth-order valence-electron chi connectivity index (χ4n) is 3.20. The topological polar surface area (TPSA) is 44.2 Å². The highest BCUT2D eigenvalue weighted by Gasteiger charge is 2.15. The van der Waals surface area contributed by atoms with Gasteiger partial charge in [0.05, 0.1) is 12.7 Å². The summed E-state index contributed by atoms with van der Waals surface area (Å²) >= 11 is 6.17. The molecule has 1 heterocycles. The molecule has 0 aliphatic heterocycles. The average Bonchev–Trinajstić information content (AvgIpc) is 2.68. The normalized spacial score (nSPS) is 11.0. The van der Waals surface area contributed by atoms with E-state index in [4.69, 9.17) is 31.0 Å². The first-order valence-electron chi connectivity index (χ1n) is 9.71. The lowest BCUT2D eigenvalue weighted by Gasteiger charge is -2.16. The molecule has 0 aliphatic rings. The van der Waals surface area contributed by atoms with Gasteiger partial charge < -0.3 is 9.47 Å². The number of nitrogens with zero attached hydrogens (tertiary/aromatic N) is 2. The molecule has 4 nitrogen and oxygen atoms in total. The van der Waals surface area contributed by atoms with Crippen LogP contribution < -0.4 is 9.47 Å². The summed E-state index contributed by atoms with van der Waals surface area (Å²) in [6, 6.07) is 11.8. The summed E-state index contributed by atoms with van der Waals surface area (Å²) in [6.07, 6.45) is 0. The van der Waals surface area contributed by atoms with Gasteiger partial charge >= 0.3 is 0 Å². The molecule has 0 saturated carbocycles. The Balaban J connectivity index is 1.90. The molecular weight excluding hydrogens is 384 g/mol. The second-order valence-corrected chi connectivity index (χ2v) is 7.95. The van der Waals surface area contributed by atoms with Crippen LogP contribution in [0.15, 0.2) is 36.4 Å². The fourth-order valence-corrected chi connectivity index (χ4v) is 3.38. The summed E-state index contributed by atoms with van der Waals surface area (Å²) in [5, 5.41) is 0.618. The molecule has 0 amide bonds. The van der Waals surface area contributed by atoms with E-state index in [9.17, 15) is 0 Å². The van der Waals surface area contributed by atoms with Gasteiger partial charge in [0, 0.05) is 22.0 Å². The van der Waals surface area contributed by atoms with Crippen molar-refractivity contribution in [1.82, 2.24) is 9.97 Å². The van der Waals surface area contributed by atoms with Crippen LogP contribution in [0.4, 0.5) is 0 Å². The van der Waals surface area contributed by atoms with Gasteiger partial charge in [0.1, 0.15) is 18.1 Å². The van der Waals surface area contributed by atoms with Gasteiger partial charge in [0.25, 0.3) is 0 Å². The molecule has 0 bridgehead atoms. The average molecular weight is 411 g/mol. The number of hydrogen-bond donors (Lipinski definition) is 0. The molecule has 0 N–H and O–H groups in total. The molecule has 1 aromatic heterocycles. The predicted octanol–water partition coefficient (Wildman–Crippen LogP) is 6.43. The molecule has 0 unspecified atom stereocenters. The smallest absolute Gasteiger partial charge is 0.163 e. The third kappa shape index (κ3) is 4.70. The van der Waals surface area contributed by atoms with Crippen molar-refractivity contribution >= 4 is 11.6 Å². The minimum atomic E-state index is 0.424. The first-order valence-corrected chi connectivity index (χ1v) is 10.1. The Bertz CT molecular complexity index is 1010. The molecule has 0 fully saturated rings. The zero-order chi connectivity index (χ0) is 21.1. The molecule has 3 rings (SSSR count). The van der Waals surface area contributed by atoms with Crippen molar-refractivity contribution in [3.8, 4) is 22.9 Å². The number of methoxy groups -OCH3 is 1. The lowest BCUT2D eigenvalue weighted by molar-refractivity contribution is 0.301. The van der Waals surface area contributed by atoms with Crippen LogP contribution in [0.2, 0.25) is 5.02 Å². The Morgan fingerprint density at radius 3 is 2.24 bits per heavy atom. The van der Waals surface area contributed by atoms with Crippen molar-refractivity contribution in [2.75, 3.05) is 7.11 Å². The number of halogens is 1. The van der Waals surface area contributed by atoms with Crippen LogP contribution >= 0.6 is 11.6 Å². The van der Waals surface area contributed by atoms with E-state index < -0.39 is 0 Å². The zero-order valence-electron chi connectivity index (χ0n) is 17.8. The molecule has 3 aromatic rings. The lowest BCUT2D eigenvalue weighted by Crippen LogP contribution is -2.07. The molecule has 0 atom stereocenters. The standard InChI is InChI=1S/C24H27ClN2O2/c1-14(2)18-8-7-15(3)23(11-18)29-13-21-16(4)26-24(27-17(21)5)20-12-19(25)9-10-22(20)28-6/h7-12,14H,13H2,1-6H3. The van der Waals surface area contributed by atoms with Gasteiger partial charge in [-0.2, -0.15) is 0 Å². The first kappa shape index (κ1) is 21.1. The van der Waals surface area contributed by atoms with Crippen molar-refractivity contribution in [2.45, 2.75) is 47.1 Å². The molecule has 0 aliphatic carbocycles. The van der Waals surface area contributed by atoms with Crippen molar-refractivity contribution < 1.29 is 9.47 Å². The molecule has 152 valence electrons. The predicted molar refractivity (Wildman–Crippen MR) is 118 cm³/mol. The lowest BCUT2D eigenvalue weighted by atomic mass is 10.0. The van der Waals surface area contributed by atoms with Gasteiger partial charge in [-0.15, -0.1) is 0 Å². The fraction of sp³-hybridized carbons (Fsp3) is 0.333. The zero-order valence-corrected chi connectivity index (χ0v) is 18.6. The van der Waals surface area contributed by atoms with Crippen LogP contribution in [0.25, 0.3) is 11.4 Å². The van der Waals surface area contributed by atoms with E-state index in [1.807, 2.05) is 26.0 Å². The Kier molecular flexibility index (Phi) is 6.43. The van der Waals surface area contributed by atoms with Crippen LogP contribution in [-0.4, -0.2) is 17.1 Å². The Hall–Kier alpha value is -2.59. The molecule has 2 aromatic carbocycles. The third-order valence-corrected chi connectivity index (χ3v) is 5.31. The third-order valence-electron chi connectivity index (χ3n) is 5.07. The highest BCUT2D eigenvalue weighted by Crippen LogP contribution is 2.31. The summed E-state index contributed by atoms with van der Waals surface area (Å²) in [5.74, 6) is 2.65. The highest BCUT2D eigenvalue weighted by atomic mass is 35.5. The molecule has 0 radical (unpaired) electrons. The van der Waals surface area contributed by atoms with E-state index in [1.54, 1.807) is 13.2 Å². The second-order valence-electron chi connectivity index (χ2n) is 7.51. The largest absolute Gasteiger partial charge is 0.496 e. The second kappa shape index (κ2) is 8.83. The maximum absolute atomic E-state index is 6.17. The van der Waals surface area contributed by atoms with Gasteiger partial charge in [0.2, 0.25) is 0 Å². The Morgan fingerprint density at radius 1 is 0.931 bits per heavy atom. The summed E-state index contributed by atoms with van der Waals surface area (Å²) in [6.45, 7) is 10.8. The van der Waals surface area contributed by atoms with Gasteiger partial charge in [-0.25, -0.2) is 9.97 Å². The summed E-state index contributed by atoms with van der Waals surface area (Å²) in [4.78, 5) is 9.41. The minimum absolute atomic E-state index is 0.424. The molecule has 29 heavy (non-hydrogen) atoms. The van der Waals surface area contributed by atoms with E-state index in [0.29, 0.717) is 29.1 Å². The van der Waals surface area contributed by atoms with Crippen molar-refractivity contribution in [2.24, 2.45) is 0 Å². The van der Waals surface area contributed by atoms with E-state index in [1.165, 1.54) is 5.56 Å². The van der Waals surface area contributed by atoms with Gasteiger partial charge in [-0.05, 0) is 62.1 Å². The van der Waals surface area contributed by atoms with Crippen molar-refractivity contribution in [3.05, 3.63) is 69.5 Å². The van der Waals surface area contributed by atoms with Crippen LogP contribution in [0.3, 0.4) is 0 Å². The van der Waals surface area contributed by atoms with Crippen LogP contribution in [-0.2, 0) is 6.61 Å². The maximum Gasteiger partial charge on any atom is 0.163 e. The SMILES string of the molecule is COc1ccc(Cl)cc1-c1nc(C)c(COc2cc(C(C)C)ccc2C)c(C)n1. The number of ether oxygens (including phenoxy) is 2. The van der Waals surface area contributed by atoms with Crippen molar-refractivity contribution in [1.29, 1.82) is 0 Å².